The zero-order valence-corrected chi connectivity index (χ0v) is 12.3. The number of ether oxygens (including phenoxy) is 2. The highest BCUT2D eigenvalue weighted by Gasteiger charge is 2.31. The van der Waals surface area contributed by atoms with Crippen LogP contribution < -0.4 is 10.1 Å². The number of methoxy groups -OCH3 is 1. The topological polar surface area (TPSA) is 30.5 Å². The fraction of sp³-hybridized carbons (Fsp3) is 0.625. The number of unbranched alkanes of at least 4 members (excludes halogenated alkanes) is 1. The normalized spacial score (nSPS) is 16.2. The summed E-state index contributed by atoms with van der Waals surface area (Å²) >= 11 is 0. The summed E-state index contributed by atoms with van der Waals surface area (Å²) in [5, 5.41) is 3.48. The Morgan fingerprint density at radius 3 is 2.95 bits per heavy atom. The summed E-state index contributed by atoms with van der Waals surface area (Å²) in [5.74, 6) is 1.09. The molecule has 106 valence electrons. The van der Waals surface area contributed by atoms with Gasteiger partial charge in [0.05, 0.1) is 0 Å². The summed E-state index contributed by atoms with van der Waals surface area (Å²) in [5.41, 5.74) is 2.55. The number of benzene rings is 1. The largest absolute Gasteiger partial charge is 0.487 e. The quantitative estimate of drug-likeness (QED) is 0.767. The minimum Gasteiger partial charge on any atom is -0.487 e. The van der Waals surface area contributed by atoms with Crippen molar-refractivity contribution >= 4 is 0 Å². The van der Waals surface area contributed by atoms with Crippen LogP contribution in [0.4, 0.5) is 0 Å². The lowest BCUT2D eigenvalue weighted by Gasteiger charge is -2.18. The first-order chi connectivity index (χ1) is 9.12. The third-order valence-electron chi connectivity index (χ3n) is 3.44. The number of para-hydroxylation sites is 1. The molecule has 0 fully saturated rings. The summed E-state index contributed by atoms with van der Waals surface area (Å²) in [6, 6.07) is 6.46. The second-order valence-corrected chi connectivity index (χ2v) is 5.82. The summed E-state index contributed by atoms with van der Waals surface area (Å²) in [4.78, 5) is 0. The SMILES string of the molecule is COCCCCNCc1cccc2c1OC(C)(C)C2. The summed E-state index contributed by atoms with van der Waals surface area (Å²) in [7, 11) is 1.75. The van der Waals surface area contributed by atoms with Crippen LogP contribution in [0.2, 0.25) is 0 Å². The van der Waals surface area contributed by atoms with E-state index in [9.17, 15) is 0 Å². The molecule has 0 aromatic heterocycles. The predicted molar refractivity (Wildman–Crippen MR) is 77.7 cm³/mol. The summed E-state index contributed by atoms with van der Waals surface area (Å²) in [6.07, 6.45) is 3.26. The van der Waals surface area contributed by atoms with Gasteiger partial charge in [0.1, 0.15) is 11.4 Å². The predicted octanol–water partition coefficient (Wildman–Crippen LogP) is 2.92. The van der Waals surface area contributed by atoms with E-state index in [1.54, 1.807) is 7.11 Å². The van der Waals surface area contributed by atoms with E-state index in [0.29, 0.717) is 0 Å². The van der Waals surface area contributed by atoms with Gasteiger partial charge in [-0.1, -0.05) is 18.2 Å². The van der Waals surface area contributed by atoms with Crippen LogP contribution in [0.15, 0.2) is 18.2 Å². The van der Waals surface area contributed by atoms with Crippen molar-refractivity contribution in [3.63, 3.8) is 0 Å². The van der Waals surface area contributed by atoms with Crippen LogP contribution in [0.25, 0.3) is 0 Å². The van der Waals surface area contributed by atoms with Gasteiger partial charge in [-0.3, -0.25) is 0 Å². The Kier molecular flexibility index (Phi) is 4.83. The highest BCUT2D eigenvalue weighted by molar-refractivity contribution is 5.45. The van der Waals surface area contributed by atoms with Crippen LogP contribution in [0, 0.1) is 0 Å². The molecule has 1 N–H and O–H groups in total. The minimum absolute atomic E-state index is 0.0586. The molecule has 0 spiro atoms. The van der Waals surface area contributed by atoms with Crippen LogP contribution in [-0.4, -0.2) is 25.9 Å². The van der Waals surface area contributed by atoms with E-state index >= 15 is 0 Å². The molecule has 0 saturated carbocycles. The van der Waals surface area contributed by atoms with Crippen molar-refractivity contribution < 1.29 is 9.47 Å². The summed E-state index contributed by atoms with van der Waals surface area (Å²) in [6.45, 7) is 7.05. The number of rotatable bonds is 7. The van der Waals surface area contributed by atoms with Crippen molar-refractivity contribution in [2.45, 2.75) is 45.3 Å². The average Bonchev–Trinajstić information content (AvgIpc) is 2.68. The molecule has 1 aromatic carbocycles. The van der Waals surface area contributed by atoms with Crippen LogP contribution in [0.1, 0.15) is 37.8 Å². The van der Waals surface area contributed by atoms with Crippen molar-refractivity contribution in [2.24, 2.45) is 0 Å². The average molecular weight is 263 g/mol. The minimum atomic E-state index is -0.0586. The molecule has 3 heteroatoms. The fourth-order valence-electron chi connectivity index (χ4n) is 2.54. The van der Waals surface area contributed by atoms with Gasteiger partial charge in [-0.15, -0.1) is 0 Å². The Hall–Kier alpha value is -1.06. The Morgan fingerprint density at radius 1 is 1.32 bits per heavy atom. The van der Waals surface area contributed by atoms with Gasteiger partial charge in [-0.2, -0.15) is 0 Å². The van der Waals surface area contributed by atoms with E-state index in [4.69, 9.17) is 9.47 Å². The maximum absolute atomic E-state index is 6.06. The molecule has 1 heterocycles. The molecule has 2 rings (SSSR count). The van der Waals surface area contributed by atoms with Crippen molar-refractivity contribution in [1.29, 1.82) is 0 Å². The molecule has 1 aliphatic rings. The molecule has 0 unspecified atom stereocenters. The lowest BCUT2D eigenvalue weighted by molar-refractivity contribution is 0.137. The molecule has 0 aliphatic carbocycles. The van der Waals surface area contributed by atoms with Crippen LogP contribution in [-0.2, 0) is 17.7 Å². The van der Waals surface area contributed by atoms with Crippen LogP contribution >= 0.6 is 0 Å². The molecular formula is C16H25NO2. The number of fused-ring (bicyclic) bond motifs is 1. The smallest absolute Gasteiger partial charge is 0.127 e. The third-order valence-corrected chi connectivity index (χ3v) is 3.44. The lowest BCUT2D eigenvalue weighted by Crippen LogP contribution is -2.25. The summed E-state index contributed by atoms with van der Waals surface area (Å²) < 4.78 is 11.1. The van der Waals surface area contributed by atoms with E-state index < -0.39 is 0 Å². The van der Waals surface area contributed by atoms with Crippen molar-refractivity contribution in [3.8, 4) is 5.75 Å². The van der Waals surface area contributed by atoms with Gasteiger partial charge >= 0.3 is 0 Å². The number of nitrogens with one attached hydrogen (secondary N) is 1. The molecule has 0 saturated heterocycles. The van der Waals surface area contributed by atoms with Crippen LogP contribution in [0.3, 0.4) is 0 Å². The van der Waals surface area contributed by atoms with Gasteiger partial charge in [0.25, 0.3) is 0 Å². The molecule has 19 heavy (non-hydrogen) atoms. The standard InChI is InChI=1S/C16H25NO2/c1-16(2)11-13-7-6-8-14(15(13)19-16)12-17-9-4-5-10-18-3/h6-8,17H,4-5,9-12H2,1-3H3. The Labute approximate surface area is 116 Å². The third kappa shape index (κ3) is 3.95. The van der Waals surface area contributed by atoms with Gasteiger partial charge in [-0.05, 0) is 38.8 Å². The second kappa shape index (κ2) is 6.40. The van der Waals surface area contributed by atoms with Gasteiger partial charge < -0.3 is 14.8 Å². The molecule has 0 atom stereocenters. The maximum atomic E-state index is 6.06. The monoisotopic (exact) mass is 263 g/mol. The number of hydrogen-bond donors (Lipinski definition) is 1. The Balaban J connectivity index is 1.84. The van der Waals surface area contributed by atoms with Crippen molar-refractivity contribution in [3.05, 3.63) is 29.3 Å². The molecule has 0 radical (unpaired) electrons. The van der Waals surface area contributed by atoms with E-state index in [1.807, 2.05) is 0 Å². The maximum Gasteiger partial charge on any atom is 0.127 e. The Bertz CT molecular complexity index is 415. The first-order valence-corrected chi connectivity index (χ1v) is 7.12. The van der Waals surface area contributed by atoms with Crippen molar-refractivity contribution in [1.82, 2.24) is 5.32 Å². The van der Waals surface area contributed by atoms with Crippen molar-refractivity contribution in [2.75, 3.05) is 20.3 Å². The van der Waals surface area contributed by atoms with E-state index in [0.717, 1.165) is 44.7 Å². The highest BCUT2D eigenvalue weighted by Crippen LogP contribution is 2.37. The molecule has 3 nitrogen and oxygen atoms in total. The van der Waals surface area contributed by atoms with E-state index in [2.05, 4.69) is 37.4 Å². The van der Waals surface area contributed by atoms with Crippen LogP contribution in [0.5, 0.6) is 5.75 Å². The first kappa shape index (κ1) is 14.4. The second-order valence-electron chi connectivity index (χ2n) is 5.82. The zero-order chi connectivity index (χ0) is 13.7. The molecule has 1 aliphatic heterocycles. The fourth-order valence-corrected chi connectivity index (χ4v) is 2.54. The highest BCUT2D eigenvalue weighted by atomic mass is 16.5. The van der Waals surface area contributed by atoms with Gasteiger partial charge in [0.2, 0.25) is 0 Å². The lowest BCUT2D eigenvalue weighted by atomic mass is 10.0. The molecule has 1 aromatic rings. The first-order valence-electron chi connectivity index (χ1n) is 7.12. The molecule has 0 bridgehead atoms. The molecule has 0 amide bonds. The Morgan fingerprint density at radius 2 is 2.16 bits per heavy atom. The number of hydrogen-bond acceptors (Lipinski definition) is 3. The van der Waals surface area contributed by atoms with E-state index in [1.165, 1.54) is 11.1 Å². The zero-order valence-electron chi connectivity index (χ0n) is 12.3. The van der Waals surface area contributed by atoms with Gasteiger partial charge in [-0.25, -0.2) is 0 Å². The van der Waals surface area contributed by atoms with E-state index in [-0.39, 0.29) is 5.60 Å². The van der Waals surface area contributed by atoms with Gasteiger partial charge in [0, 0.05) is 32.2 Å². The molecular weight excluding hydrogens is 238 g/mol. The van der Waals surface area contributed by atoms with Gasteiger partial charge in [0.15, 0.2) is 0 Å².